The van der Waals surface area contributed by atoms with Gasteiger partial charge in [0.25, 0.3) is 11.6 Å². The lowest BCUT2D eigenvalue weighted by molar-refractivity contribution is 0.0460. The van der Waals surface area contributed by atoms with Gasteiger partial charge in [-0.1, -0.05) is 18.2 Å². The molecule has 0 amide bonds. The van der Waals surface area contributed by atoms with Gasteiger partial charge in [-0.15, -0.1) is 16.4 Å². The van der Waals surface area contributed by atoms with Crippen LogP contribution >= 0.6 is 11.3 Å². The molecule has 0 atom stereocenters. The fourth-order valence-corrected chi connectivity index (χ4v) is 3.29. The highest BCUT2D eigenvalue weighted by atomic mass is 32.1. The van der Waals surface area contributed by atoms with Gasteiger partial charge in [0.15, 0.2) is 0 Å². The topological polar surface area (TPSA) is 69.4 Å². The Kier molecular flexibility index (Phi) is 3.27. The Labute approximate surface area is 135 Å². The van der Waals surface area contributed by atoms with Gasteiger partial charge in [0.2, 0.25) is 0 Å². The number of fused-ring (bicyclic) bond motifs is 2. The van der Waals surface area contributed by atoms with E-state index in [2.05, 4.69) is 15.1 Å². The lowest BCUT2D eigenvalue weighted by atomic mass is 10.2. The van der Waals surface area contributed by atoms with E-state index in [1.807, 2.05) is 36.6 Å². The molecule has 114 valence electrons. The lowest BCUT2D eigenvalue weighted by Gasteiger charge is -2.01. The summed E-state index contributed by atoms with van der Waals surface area (Å²) in [7, 11) is 0. The van der Waals surface area contributed by atoms with E-state index in [-0.39, 0.29) is 12.4 Å². The number of rotatable bonds is 3. The third-order valence-corrected chi connectivity index (χ3v) is 4.54. The highest BCUT2D eigenvalue weighted by Gasteiger charge is 2.16. The number of aryl methyl sites for hydroxylation is 1. The molecule has 3 heterocycles. The number of thiophene rings is 1. The predicted octanol–water partition coefficient (Wildman–Crippen LogP) is 3.00. The first-order valence-electron chi connectivity index (χ1n) is 7.03. The van der Waals surface area contributed by atoms with Crippen molar-refractivity contribution in [3.05, 3.63) is 59.0 Å². The second-order valence-electron chi connectivity index (χ2n) is 5.07. The van der Waals surface area contributed by atoms with Crippen molar-refractivity contribution >= 4 is 33.2 Å². The zero-order chi connectivity index (χ0) is 15.8. The number of aromatic nitrogens is 4. The van der Waals surface area contributed by atoms with E-state index in [0.29, 0.717) is 5.78 Å². The molecule has 4 aromatic rings. The Morgan fingerprint density at radius 2 is 2.17 bits per heavy atom. The predicted molar refractivity (Wildman–Crippen MR) is 86.5 cm³/mol. The lowest BCUT2D eigenvalue weighted by Crippen LogP contribution is -2.07. The molecule has 6 nitrogen and oxygen atoms in total. The Morgan fingerprint density at radius 3 is 3.04 bits per heavy atom. The molecule has 7 heteroatoms. The molecule has 23 heavy (non-hydrogen) atoms. The van der Waals surface area contributed by atoms with E-state index in [0.717, 1.165) is 16.6 Å². The number of nitrogens with zero attached hydrogens (tertiary/aromatic N) is 4. The third kappa shape index (κ3) is 2.44. The SMILES string of the molecule is Cc1ccnc2nc(C(=O)OCc3csc4ccccc34)nn12. The van der Waals surface area contributed by atoms with Crippen LogP contribution in [0.25, 0.3) is 15.9 Å². The average molecular weight is 324 g/mol. The summed E-state index contributed by atoms with van der Waals surface area (Å²) in [5.41, 5.74) is 1.84. The molecule has 0 aliphatic carbocycles. The summed E-state index contributed by atoms with van der Waals surface area (Å²) in [6.45, 7) is 2.07. The van der Waals surface area contributed by atoms with Crippen LogP contribution in [0.1, 0.15) is 21.9 Å². The zero-order valence-electron chi connectivity index (χ0n) is 12.3. The van der Waals surface area contributed by atoms with Crippen LogP contribution in [0.15, 0.2) is 41.9 Å². The molecular formula is C16H12N4O2S. The molecule has 0 fully saturated rings. The van der Waals surface area contributed by atoms with Crippen molar-refractivity contribution in [2.45, 2.75) is 13.5 Å². The number of carbonyl (C=O) groups excluding carboxylic acids is 1. The van der Waals surface area contributed by atoms with Crippen molar-refractivity contribution in [3.8, 4) is 0 Å². The number of esters is 1. The van der Waals surface area contributed by atoms with Crippen LogP contribution in [-0.4, -0.2) is 25.6 Å². The van der Waals surface area contributed by atoms with Crippen LogP contribution < -0.4 is 0 Å². The van der Waals surface area contributed by atoms with E-state index < -0.39 is 5.97 Å². The van der Waals surface area contributed by atoms with Gasteiger partial charge in [-0.2, -0.15) is 4.98 Å². The molecule has 0 aliphatic heterocycles. The summed E-state index contributed by atoms with van der Waals surface area (Å²) in [5.74, 6) is -0.144. The fourth-order valence-electron chi connectivity index (χ4n) is 2.35. The summed E-state index contributed by atoms with van der Waals surface area (Å²) >= 11 is 1.63. The Balaban J connectivity index is 1.56. The second-order valence-corrected chi connectivity index (χ2v) is 5.98. The van der Waals surface area contributed by atoms with Crippen LogP contribution in [0.4, 0.5) is 0 Å². The Morgan fingerprint density at radius 1 is 1.30 bits per heavy atom. The van der Waals surface area contributed by atoms with Crippen LogP contribution in [0.5, 0.6) is 0 Å². The van der Waals surface area contributed by atoms with Crippen molar-refractivity contribution in [1.29, 1.82) is 0 Å². The number of carbonyl (C=O) groups is 1. The number of hydrogen-bond donors (Lipinski definition) is 0. The summed E-state index contributed by atoms with van der Waals surface area (Å²) in [6.07, 6.45) is 1.63. The standard InChI is InChI=1S/C16H12N4O2S/c1-10-6-7-17-16-18-14(19-20(10)16)15(21)22-8-11-9-23-13-5-3-2-4-12(11)13/h2-7,9H,8H2,1H3. The molecule has 0 bridgehead atoms. The summed E-state index contributed by atoms with van der Waals surface area (Å²) < 4.78 is 8.05. The monoisotopic (exact) mass is 324 g/mol. The smallest absolute Gasteiger partial charge is 0.378 e. The molecule has 1 aromatic carbocycles. The maximum absolute atomic E-state index is 12.2. The number of hydrogen-bond acceptors (Lipinski definition) is 6. The van der Waals surface area contributed by atoms with Gasteiger partial charge in [0.1, 0.15) is 6.61 Å². The summed E-state index contributed by atoms with van der Waals surface area (Å²) in [6, 6.07) is 9.83. The van der Waals surface area contributed by atoms with Gasteiger partial charge in [0.05, 0.1) is 0 Å². The highest BCUT2D eigenvalue weighted by Crippen LogP contribution is 2.26. The molecule has 0 N–H and O–H groups in total. The van der Waals surface area contributed by atoms with Crippen molar-refractivity contribution in [1.82, 2.24) is 19.6 Å². The summed E-state index contributed by atoms with van der Waals surface area (Å²) in [5, 5.41) is 7.25. The third-order valence-electron chi connectivity index (χ3n) is 3.53. The molecular weight excluding hydrogens is 312 g/mol. The zero-order valence-corrected chi connectivity index (χ0v) is 13.1. The molecule has 3 aromatic heterocycles. The molecule has 0 radical (unpaired) electrons. The minimum absolute atomic E-state index is 0.0198. The van der Waals surface area contributed by atoms with Crippen LogP contribution in [-0.2, 0) is 11.3 Å². The van der Waals surface area contributed by atoms with Crippen LogP contribution in [0.2, 0.25) is 0 Å². The van der Waals surface area contributed by atoms with Gasteiger partial charge >= 0.3 is 5.97 Å². The van der Waals surface area contributed by atoms with Gasteiger partial charge in [-0.3, -0.25) is 0 Å². The van der Waals surface area contributed by atoms with Crippen LogP contribution in [0, 0.1) is 6.92 Å². The minimum atomic E-state index is -0.551. The largest absolute Gasteiger partial charge is 0.455 e. The molecule has 0 aliphatic rings. The molecule has 0 spiro atoms. The summed E-state index contributed by atoms with van der Waals surface area (Å²) in [4.78, 5) is 20.4. The number of benzene rings is 1. The van der Waals surface area contributed by atoms with E-state index in [4.69, 9.17) is 4.74 Å². The quantitative estimate of drug-likeness (QED) is 0.542. The number of ether oxygens (including phenoxy) is 1. The molecule has 0 saturated carbocycles. The van der Waals surface area contributed by atoms with Gasteiger partial charge in [0, 0.05) is 22.2 Å². The van der Waals surface area contributed by atoms with E-state index in [1.165, 1.54) is 9.22 Å². The van der Waals surface area contributed by atoms with Gasteiger partial charge in [-0.25, -0.2) is 14.3 Å². The first-order chi connectivity index (χ1) is 11.2. The molecule has 0 saturated heterocycles. The van der Waals surface area contributed by atoms with Crippen molar-refractivity contribution in [2.75, 3.05) is 0 Å². The Bertz CT molecular complexity index is 1020. The Hall–Kier alpha value is -2.80. The van der Waals surface area contributed by atoms with Gasteiger partial charge in [-0.05, 0) is 29.8 Å². The molecule has 0 unspecified atom stereocenters. The van der Waals surface area contributed by atoms with Crippen molar-refractivity contribution in [3.63, 3.8) is 0 Å². The maximum Gasteiger partial charge on any atom is 0.378 e. The first kappa shape index (κ1) is 13.8. The van der Waals surface area contributed by atoms with E-state index >= 15 is 0 Å². The fraction of sp³-hybridized carbons (Fsp3) is 0.125. The maximum atomic E-state index is 12.2. The van der Waals surface area contributed by atoms with Crippen molar-refractivity contribution < 1.29 is 9.53 Å². The normalized spacial score (nSPS) is 11.2. The highest BCUT2D eigenvalue weighted by molar-refractivity contribution is 7.17. The van der Waals surface area contributed by atoms with E-state index in [1.54, 1.807) is 23.6 Å². The van der Waals surface area contributed by atoms with Crippen LogP contribution in [0.3, 0.4) is 0 Å². The van der Waals surface area contributed by atoms with Gasteiger partial charge < -0.3 is 4.74 Å². The van der Waals surface area contributed by atoms with Crippen molar-refractivity contribution in [2.24, 2.45) is 0 Å². The first-order valence-corrected chi connectivity index (χ1v) is 7.91. The van der Waals surface area contributed by atoms with E-state index in [9.17, 15) is 4.79 Å². The second kappa shape index (κ2) is 5.44. The average Bonchev–Trinajstić information content (AvgIpc) is 3.17. The molecule has 4 rings (SSSR count). The minimum Gasteiger partial charge on any atom is -0.455 e.